The number of ether oxygens (including phenoxy) is 2. The van der Waals surface area contributed by atoms with Crippen molar-refractivity contribution in [2.24, 2.45) is 0 Å². The number of aliphatic carboxylic acids is 1. The average molecular weight is 468 g/mol. The van der Waals surface area contributed by atoms with Gasteiger partial charge in [0.2, 0.25) is 5.91 Å². The summed E-state index contributed by atoms with van der Waals surface area (Å²) in [5, 5.41) is 13.2. The Morgan fingerprint density at radius 2 is 1.84 bits per heavy atom. The van der Waals surface area contributed by atoms with Crippen LogP contribution < -0.4 is 10.1 Å². The predicted octanol–water partition coefficient (Wildman–Crippen LogP) is 4.54. The second kappa shape index (κ2) is 12.5. The van der Waals surface area contributed by atoms with E-state index in [4.69, 9.17) is 32.7 Å². The second-order valence-electron chi connectivity index (χ2n) is 7.10. The van der Waals surface area contributed by atoms with Crippen LogP contribution in [0, 0.1) is 0 Å². The summed E-state index contributed by atoms with van der Waals surface area (Å²) in [5.74, 6) is -0.490. The van der Waals surface area contributed by atoms with Crippen LogP contribution in [0.15, 0.2) is 42.5 Å². The normalized spacial score (nSPS) is 12.8. The summed E-state index contributed by atoms with van der Waals surface area (Å²) in [6.45, 7) is 4.38. The molecule has 2 aromatic rings. The largest absolute Gasteiger partial charge is 0.490 e. The first kappa shape index (κ1) is 25.0. The molecule has 2 rings (SSSR count). The van der Waals surface area contributed by atoms with Crippen molar-refractivity contribution in [1.29, 1.82) is 0 Å². The topological polar surface area (TPSA) is 84.9 Å². The van der Waals surface area contributed by atoms with E-state index in [0.717, 1.165) is 11.1 Å². The van der Waals surface area contributed by atoms with Crippen molar-refractivity contribution < 1.29 is 24.2 Å². The average Bonchev–Trinajstić information content (AvgIpc) is 2.70. The Labute approximate surface area is 192 Å². The summed E-state index contributed by atoms with van der Waals surface area (Å²) in [6.07, 6.45) is -0.0970. The lowest BCUT2D eigenvalue weighted by Crippen LogP contribution is -2.30. The number of halogens is 2. The highest BCUT2D eigenvalue weighted by Gasteiger charge is 2.18. The van der Waals surface area contributed by atoms with Gasteiger partial charge in [-0.3, -0.25) is 4.79 Å². The number of benzene rings is 2. The molecule has 0 radical (unpaired) electrons. The molecular weight excluding hydrogens is 441 g/mol. The van der Waals surface area contributed by atoms with E-state index in [-0.39, 0.29) is 24.9 Å². The summed E-state index contributed by atoms with van der Waals surface area (Å²) < 4.78 is 11.0. The molecule has 0 bridgehead atoms. The number of carboxylic acid groups (broad SMARTS) is 1. The molecule has 0 aliphatic rings. The molecule has 0 saturated heterocycles. The highest BCUT2D eigenvalue weighted by molar-refractivity contribution is 6.35. The van der Waals surface area contributed by atoms with E-state index in [1.165, 1.54) is 0 Å². The zero-order valence-corrected chi connectivity index (χ0v) is 19.1. The molecule has 0 saturated carbocycles. The van der Waals surface area contributed by atoms with Crippen LogP contribution in [0.3, 0.4) is 0 Å². The minimum atomic E-state index is -0.986. The number of carbonyl (C=O) groups excluding carboxylic acids is 1. The zero-order chi connectivity index (χ0) is 22.8. The Hall–Kier alpha value is -2.28. The Morgan fingerprint density at radius 1 is 1.13 bits per heavy atom. The fourth-order valence-corrected chi connectivity index (χ4v) is 3.51. The Morgan fingerprint density at radius 3 is 2.45 bits per heavy atom. The standard InChI is InChI=1S/C23H27Cl2NO5/c1-3-30-21(23(28)29)13-16-4-8-19(9-5-16)31-15(2)12-22(27)26-11-10-17-6-7-18(24)14-20(17)25/h4-9,14-15,21H,3,10-13H2,1-2H3,(H,26,27)(H,28,29)/t15?,21-/m0/s1. The lowest BCUT2D eigenvalue weighted by atomic mass is 10.1. The van der Waals surface area contributed by atoms with Gasteiger partial charge in [0.1, 0.15) is 11.9 Å². The smallest absolute Gasteiger partial charge is 0.333 e. The number of carbonyl (C=O) groups is 2. The van der Waals surface area contributed by atoms with E-state index in [1.807, 2.05) is 13.0 Å². The molecule has 1 amide bonds. The van der Waals surface area contributed by atoms with Gasteiger partial charge in [-0.15, -0.1) is 0 Å². The van der Waals surface area contributed by atoms with Crippen LogP contribution in [0.4, 0.5) is 0 Å². The van der Waals surface area contributed by atoms with Crippen LogP contribution in [0.1, 0.15) is 31.4 Å². The van der Waals surface area contributed by atoms with Crippen LogP contribution >= 0.6 is 23.2 Å². The third-order valence-corrected chi connectivity index (χ3v) is 5.12. The van der Waals surface area contributed by atoms with E-state index in [2.05, 4.69) is 5.32 Å². The van der Waals surface area contributed by atoms with Gasteiger partial charge in [-0.1, -0.05) is 41.4 Å². The lowest BCUT2D eigenvalue weighted by Gasteiger charge is -2.16. The fraction of sp³-hybridized carbons (Fsp3) is 0.391. The van der Waals surface area contributed by atoms with E-state index in [9.17, 15) is 14.7 Å². The summed E-state index contributed by atoms with van der Waals surface area (Å²) in [5.41, 5.74) is 1.75. The molecule has 2 aromatic carbocycles. The monoisotopic (exact) mass is 467 g/mol. The van der Waals surface area contributed by atoms with Crippen molar-refractivity contribution in [3.8, 4) is 5.75 Å². The van der Waals surface area contributed by atoms with Crippen LogP contribution in [-0.2, 0) is 27.2 Å². The van der Waals surface area contributed by atoms with Gasteiger partial charge in [-0.25, -0.2) is 4.79 Å². The maximum Gasteiger partial charge on any atom is 0.333 e. The Balaban J connectivity index is 1.76. The molecule has 1 unspecified atom stereocenters. The molecule has 2 atom stereocenters. The molecule has 0 aliphatic heterocycles. The van der Waals surface area contributed by atoms with Crippen molar-refractivity contribution in [2.75, 3.05) is 13.2 Å². The third kappa shape index (κ3) is 8.77. The molecule has 31 heavy (non-hydrogen) atoms. The number of carboxylic acids is 1. The molecule has 168 valence electrons. The summed E-state index contributed by atoms with van der Waals surface area (Å²) in [7, 11) is 0. The zero-order valence-electron chi connectivity index (χ0n) is 17.6. The first-order chi connectivity index (χ1) is 14.8. The Bertz CT molecular complexity index is 873. The summed E-state index contributed by atoms with van der Waals surface area (Å²) >= 11 is 12.0. The van der Waals surface area contributed by atoms with Gasteiger partial charge in [-0.2, -0.15) is 0 Å². The van der Waals surface area contributed by atoms with Crippen LogP contribution in [0.5, 0.6) is 5.75 Å². The van der Waals surface area contributed by atoms with Gasteiger partial charge < -0.3 is 19.9 Å². The minimum absolute atomic E-state index is 0.116. The van der Waals surface area contributed by atoms with Crippen LogP contribution in [0.25, 0.3) is 0 Å². The predicted molar refractivity (Wildman–Crippen MR) is 121 cm³/mol. The first-order valence-corrected chi connectivity index (χ1v) is 10.8. The molecule has 6 nitrogen and oxygen atoms in total. The van der Waals surface area contributed by atoms with E-state index in [1.54, 1.807) is 43.3 Å². The van der Waals surface area contributed by atoms with Crippen molar-refractivity contribution in [1.82, 2.24) is 5.32 Å². The van der Waals surface area contributed by atoms with Crippen molar-refractivity contribution in [3.63, 3.8) is 0 Å². The first-order valence-electron chi connectivity index (χ1n) is 10.1. The molecule has 0 spiro atoms. The number of amides is 1. The van der Waals surface area contributed by atoms with Gasteiger partial charge in [0.15, 0.2) is 6.10 Å². The van der Waals surface area contributed by atoms with Crippen molar-refractivity contribution in [2.45, 2.75) is 45.3 Å². The van der Waals surface area contributed by atoms with Gasteiger partial charge in [0, 0.05) is 29.6 Å². The van der Waals surface area contributed by atoms with Crippen LogP contribution in [-0.4, -0.2) is 42.3 Å². The molecular formula is C23H27Cl2NO5. The quantitative estimate of drug-likeness (QED) is 0.478. The summed E-state index contributed by atoms with van der Waals surface area (Å²) in [4.78, 5) is 23.4. The van der Waals surface area contributed by atoms with Crippen molar-refractivity contribution in [3.05, 3.63) is 63.6 Å². The van der Waals surface area contributed by atoms with Gasteiger partial charge in [0.05, 0.1) is 6.42 Å². The molecule has 8 heteroatoms. The van der Waals surface area contributed by atoms with Gasteiger partial charge >= 0.3 is 5.97 Å². The maximum atomic E-state index is 12.2. The lowest BCUT2D eigenvalue weighted by molar-refractivity contribution is -0.150. The minimum Gasteiger partial charge on any atom is -0.490 e. The number of rotatable bonds is 12. The molecule has 0 aromatic heterocycles. The second-order valence-corrected chi connectivity index (χ2v) is 7.94. The highest BCUT2D eigenvalue weighted by atomic mass is 35.5. The Kier molecular flexibility index (Phi) is 10.1. The van der Waals surface area contributed by atoms with E-state index < -0.39 is 12.1 Å². The molecule has 0 aliphatic carbocycles. The van der Waals surface area contributed by atoms with Gasteiger partial charge in [0.25, 0.3) is 0 Å². The number of hydrogen-bond acceptors (Lipinski definition) is 4. The fourth-order valence-electron chi connectivity index (χ4n) is 3.01. The van der Waals surface area contributed by atoms with Crippen LogP contribution in [0.2, 0.25) is 10.0 Å². The third-order valence-electron chi connectivity index (χ3n) is 4.53. The molecule has 2 N–H and O–H groups in total. The summed E-state index contributed by atoms with van der Waals surface area (Å²) in [6, 6.07) is 12.4. The SMILES string of the molecule is CCO[C@@H](Cc1ccc(OC(C)CC(=O)NCCc2ccc(Cl)cc2Cl)cc1)C(=O)O. The molecule has 0 fully saturated rings. The number of hydrogen-bond donors (Lipinski definition) is 2. The highest BCUT2D eigenvalue weighted by Crippen LogP contribution is 2.21. The maximum absolute atomic E-state index is 12.2. The number of nitrogens with one attached hydrogen (secondary N) is 1. The van der Waals surface area contributed by atoms with Crippen molar-refractivity contribution >= 4 is 35.1 Å². The van der Waals surface area contributed by atoms with E-state index >= 15 is 0 Å². The van der Waals surface area contributed by atoms with Gasteiger partial charge in [-0.05, 0) is 55.7 Å². The van der Waals surface area contributed by atoms with E-state index in [0.29, 0.717) is 35.4 Å². The molecule has 0 heterocycles.